The van der Waals surface area contributed by atoms with E-state index >= 15 is 0 Å². The molecule has 2 aromatic carbocycles. The lowest BCUT2D eigenvalue weighted by Crippen LogP contribution is -2.44. The number of nitrogens with zero attached hydrogens (tertiary/aromatic N) is 4. The molecule has 1 N–H and O–H groups in total. The van der Waals surface area contributed by atoms with Crippen LogP contribution in [0.3, 0.4) is 0 Å². The van der Waals surface area contributed by atoms with Gasteiger partial charge in [0.2, 0.25) is 0 Å². The number of non-ortho nitro benzene ring substituents is 1. The van der Waals surface area contributed by atoms with Gasteiger partial charge < -0.3 is 5.32 Å². The number of nitro groups is 1. The van der Waals surface area contributed by atoms with Gasteiger partial charge in [-0.25, -0.2) is 9.07 Å². The maximum atomic E-state index is 13.0. The van der Waals surface area contributed by atoms with Crippen molar-refractivity contribution >= 4 is 11.6 Å². The highest BCUT2D eigenvalue weighted by molar-refractivity contribution is 5.92. The predicted molar refractivity (Wildman–Crippen MR) is 112 cm³/mol. The van der Waals surface area contributed by atoms with E-state index in [9.17, 15) is 19.3 Å². The molecule has 1 saturated heterocycles. The van der Waals surface area contributed by atoms with Gasteiger partial charge in [0.15, 0.2) is 5.69 Å². The first kappa shape index (κ1) is 20.7. The lowest BCUT2D eigenvalue weighted by Gasteiger charge is -2.32. The zero-order valence-corrected chi connectivity index (χ0v) is 16.8. The Hall–Kier alpha value is -3.59. The number of carbonyl (C=O) groups is 1. The van der Waals surface area contributed by atoms with Gasteiger partial charge in [-0.2, -0.15) is 5.10 Å². The molecule has 1 aliphatic heterocycles. The van der Waals surface area contributed by atoms with E-state index in [1.54, 1.807) is 36.5 Å². The molecule has 1 fully saturated rings. The summed E-state index contributed by atoms with van der Waals surface area (Å²) in [6, 6.07) is 14.3. The summed E-state index contributed by atoms with van der Waals surface area (Å²) in [6.45, 7) is 2.43. The summed E-state index contributed by atoms with van der Waals surface area (Å²) in [7, 11) is 0. The van der Waals surface area contributed by atoms with Crippen LogP contribution in [-0.2, 0) is 6.54 Å². The quantitative estimate of drug-likeness (QED) is 0.485. The summed E-state index contributed by atoms with van der Waals surface area (Å²) in [5, 5.41) is 18.2. The van der Waals surface area contributed by atoms with Gasteiger partial charge in [-0.05, 0) is 42.7 Å². The second-order valence-corrected chi connectivity index (χ2v) is 7.57. The van der Waals surface area contributed by atoms with Gasteiger partial charge in [0.25, 0.3) is 11.6 Å². The number of likely N-dealkylation sites (tertiary alicyclic amines) is 1. The average molecular weight is 423 g/mol. The molecule has 0 aliphatic carbocycles. The molecule has 160 valence electrons. The predicted octanol–water partition coefficient (Wildman–Crippen LogP) is 3.31. The first-order valence-electron chi connectivity index (χ1n) is 10.1. The zero-order valence-electron chi connectivity index (χ0n) is 16.8. The highest BCUT2D eigenvalue weighted by atomic mass is 19.1. The number of carbonyl (C=O) groups excluding carboxylic acids is 1. The number of piperidine rings is 1. The fourth-order valence-electron chi connectivity index (χ4n) is 3.68. The molecule has 8 nitrogen and oxygen atoms in total. The summed E-state index contributed by atoms with van der Waals surface area (Å²) in [5.41, 5.74) is 1.81. The lowest BCUT2D eigenvalue weighted by atomic mass is 10.0. The number of hydrogen-bond donors (Lipinski definition) is 1. The number of nitro benzene ring substituents is 1. The molecule has 4 rings (SSSR count). The topological polar surface area (TPSA) is 93.3 Å². The highest BCUT2D eigenvalue weighted by Gasteiger charge is 2.22. The molecule has 1 amide bonds. The zero-order chi connectivity index (χ0) is 21.8. The van der Waals surface area contributed by atoms with E-state index in [0.29, 0.717) is 5.69 Å². The van der Waals surface area contributed by atoms with Crippen molar-refractivity contribution in [3.63, 3.8) is 0 Å². The molecule has 0 radical (unpaired) electrons. The van der Waals surface area contributed by atoms with Crippen LogP contribution in [0.25, 0.3) is 5.69 Å². The standard InChI is InChI=1S/C22H22FN5O3/c23-17-6-4-16(5-7-17)15-26-11-8-18(9-12-26)24-22(29)21-10-13-27(25-21)19-2-1-3-20(14-19)28(30)31/h1-7,10,13-14,18H,8-9,11-12,15H2,(H,24,29). The third-order valence-electron chi connectivity index (χ3n) is 5.37. The van der Waals surface area contributed by atoms with E-state index in [2.05, 4.69) is 15.3 Å². The summed E-state index contributed by atoms with van der Waals surface area (Å²) in [4.78, 5) is 25.4. The van der Waals surface area contributed by atoms with Crippen molar-refractivity contribution in [3.05, 3.63) is 88.0 Å². The maximum absolute atomic E-state index is 13.0. The molecule has 0 unspecified atom stereocenters. The van der Waals surface area contributed by atoms with Gasteiger partial charge in [0, 0.05) is 44.0 Å². The maximum Gasteiger partial charge on any atom is 0.272 e. The normalized spacial score (nSPS) is 15.0. The minimum Gasteiger partial charge on any atom is -0.348 e. The highest BCUT2D eigenvalue weighted by Crippen LogP contribution is 2.17. The van der Waals surface area contributed by atoms with Crippen molar-refractivity contribution in [1.82, 2.24) is 20.0 Å². The Morgan fingerprint density at radius 1 is 1.16 bits per heavy atom. The Kier molecular flexibility index (Phi) is 6.03. The summed E-state index contributed by atoms with van der Waals surface area (Å²) < 4.78 is 14.5. The number of benzene rings is 2. The minimum absolute atomic E-state index is 0.0357. The Bertz CT molecular complexity index is 1070. The third-order valence-corrected chi connectivity index (χ3v) is 5.37. The van der Waals surface area contributed by atoms with Crippen LogP contribution in [0.4, 0.5) is 10.1 Å². The Morgan fingerprint density at radius 3 is 2.61 bits per heavy atom. The smallest absolute Gasteiger partial charge is 0.272 e. The van der Waals surface area contributed by atoms with Crippen LogP contribution in [0.1, 0.15) is 28.9 Å². The Morgan fingerprint density at radius 2 is 1.90 bits per heavy atom. The van der Waals surface area contributed by atoms with Crippen molar-refractivity contribution in [2.75, 3.05) is 13.1 Å². The van der Waals surface area contributed by atoms with Gasteiger partial charge in [0.05, 0.1) is 10.6 Å². The van der Waals surface area contributed by atoms with Crippen LogP contribution in [0.5, 0.6) is 0 Å². The van der Waals surface area contributed by atoms with E-state index in [0.717, 1.165) is 38.0 Å². The van der Waals surface area contributed by atoms with Gasteiger partial charge >= 0.3 is 0 Å². The van der Waals surface area contributed by atoms with Crippen LogP contribution in [0, 0.1) is 15.9 Å². The van der Waals surface area contributed by atoms with E-state index < -0.39 is 4.92 Å². The molecule has 0 atom stereocenters. The lowest BCUT2D eigenvalue weighted by molar-refractivity contribution is -0.384. The SMILES string of the molecule is O=C(NC1CCN(Cc2ccc(F)cc2)CC1)c1ccn(-c2cccc([N+](=O)[O-])c2)n1. The summed E-state index contributed by atoms with van der Waals surface area (Å²) in [6.07, 6.45) is 3.25. The number of halogens is 1. The van der Waals surface area contributed by atoms with Crippen molar-refractivity contribution < 1.29 is 14.1 Å². The molecule has 2 heterocycles. The molecule has 0 spiro atoms. The molecule has 1 aromatic heterocycles. The van der Waals surface area contributed by atoms with E-state index in [1.165, 1.54) is 28.9 Å². The fraction of sp³-hybridized carbons (Fsp3) is 0.273. The minimum atomic E-state index is -0.469. The molecule has 1 aliphatic rings. The number of rotatable bonds is 6. The van der Waals surface area contributed by atoms with E-state index in [4.69, 9.17) is 0 Å². The van der Waals surface area contributed by atoms with Gasteiger partial charge in [-0.3, -0.25) is 19.8 Å². The van der Waals surface area contributed by atoms with Crippen molar-refractivity contribution in [3.8, 4) is 5.69 Å². The van der Waals surface area contributed by atoms with Crippen LogP contribution >= 0.6 is 0 Å². The van der Waals surface area contributed by atoms with Crippen LogP contribution in [0.15, 0.2) is 60.8 Å². The second-order valence-electron chi connectivity index (χ2n) is 7.57. The van der Waals surface area contributed by atoms with E-state index in [1.807, 2.05) is 0 Å². The van der Waals surface area contributed by atoms with Gasteiger partial charge in [-0.1, -0.05) is 18.2 Å². The van der Waals surface area contributed by atoms with Crippen LogP contribution in [-0.4, -0.2) is 44.6 Å². The molecule has 9 heteroatoms. The largest absolute Gasteiger partial charge is 0.348 e. The molecule has 0 bridgehead atoms. The molecule has 31 heavy (non-hydrogen) atoms. The van der Waals surface area contributed by atoms with Crippen molar-refractivity contribution in [1.29, 1.82) is 0 Å². The number of aromatic nitrogens is 2. The van der Waals surface area contributed by atoms with Crippen LogP contribution < -0.4 is 5.32 Å². The molecule has 0 saturated carbocycles. The van der Waals surface area contributed by atoms with E-state index in [-0.39, 0.29) is 29.1 Å². The van der Waals surface area contributed by atoms with Crippen LogP contribution in [0.2, 0.25) is 0 Å². The molecule has 3 aromatic rings. The number of amides is 1. The van der Waals surface area contributed by atoms with Gasteiger partial charge in [-0.15, -0.1) is 0 Å². The monoisotopic (exact) mass is 423 g/mol. The first-order chi connectivity index (χ1) is 15.0. The first-order valence-corrected chi connectivity index (χ1v) is 10.1. The average Bonchev–Trinajstić information content (AvgIpc) is 3.27. The van der Waals surface area contributed by atoms with Gasteiger partial charge in [0.1, 0.15) is 5.82 Å². The van der Waals surface area contributed by atoms with Crippen molar-refractivity contribution in [2.45, 2.75) is 25.4 Å². The number of hydrogen-bond acceptors (Lipinski definition) is 5. The Labute approximate surface area is 178 Å². The summed E-state index contributed by atoms with van der Waals surface area (Å²) >= 11 is 0. The molecular formula is C22H22FN5O3. The Balaban J connectivity index is 1.31. The second kappa shape index (κ2) is 9.05. The van der Waals surface area contributed by atoms with Crippen molar-refractivity contribution in [2.24, 2.45) is 0 Å². The third kappa shape index (κ3) is 5.13. The fourth-order valence-corrected chi connectivity index (χ4v) is 3.68. The molecular weight excluding hydrogens is 401 g/mol. The number of nitrogens with one attached hydrogen (secondary N) is 1. The summed E-state index contributed by atoms with van der Waals surface area (Å²) in [5.74, 6) is -0.501.